The molecule has 3 aromatic carbocycles. The highest BCUT2D eigenvalue weighted by molar-refractivity contribution is 5.88. The zero-order valence-corrected chi connectivity index (χ0v) is 22.0. The molecule has 0 heterocycles. The van der Waals surface area contributed by atoms with Crippen molar-refractivity contribution in [1.29, 1.82) is 0 Å². The summed E-state index contributed by atoms with van der Waals surface area (Å²) in [6, 6.07) is 22.4. The quantitative estimate of drug-likeness (QED) is 0.373. The van der Waals surface area contributed by atoms with E-state index in [0.29, 0.717) is 43.9 Å². The van der Waals surface area contributed by atoms with Crippen molar-refractivity contribution in [2.24, 2.45) is 0 Å². The van der Waals surface area contributed by atoms with Crippen molar-refractivity contribution >= 4 is 11.8 Å². The Hall–Kier alpha value is -4.00. The number of nitrogens with zero attached hydrogens (tertiary/aromatic N) is 1. The Bertz CT molecular complexity index is 1150. The van der Waals surface area contributed by atoms with E-state index in [1.54, 1.807) is 26.2 Å². The van der Waals surface area contributed by atoms with Crippen LogP contribution >= 0.6 is 0 Å². The molecule has 0 aliphatic rings. The van der Waals surface area contributed by atoms with Gasteiger partial charge in [0.25, 0.3) is 0 Å². The summed E-state index contributed by atoms with van der Waals surface area (Å²) in [5.41, 5.74) is 2.93. The Morgan fingerprint density at radius 1 is 0.811 bits per heavy atom. The predicted molar refractivity (Wildman–Crippen MR) is 144 cm³/mol. The minimum absolute atomic E-state index is 0.0770. The van der Waals surface area contributed by atoms with Crippen molar-refractivity contribution in [3.8, 4) is 17.2 Å². The number of nitrogens with one attached hydrogen (secondary N) is 1. The molecular formula is C30H36N2O5. The smallest absolute Gasteiger partial charge is 0.243 e. The van der Waals surface area contributed by atoms with Crippen LogP contribution in [0.25, 0.3) is 0 Å². The lowest BCUT2D eigenvalue weighted by atomic mass is 10.0. The van der Waals surface area contributed by atoms with Gasteiger partial charge in [-0.15, -0.1) is 0 Å². The molecule has 37 heavy (non-hydrogen) atoms. The molecule has 3 rings (SSSR count). The van der Waals surface area contributed by atoms with Crippen LogP contribution < -0.4 is 19.5 Å². The number of carbonyl (C=O) groups excluding carboxylic acids is 2. The van der Waals surface area contributed by atoms with Crippen molar-refractivity contribution in [3.05, 3.63) is 89.5 Å². The van der Waals surface area contributed by atoms with Crippen molar-refractivity contribution in [3.63, 3.8) is 0 Å². The van der Waals surface area contributed by atoms with Gasteiger partial charge >= 0.3 is 0 Å². The van der Waals surface area contributed by atoms with Crippen molar-refractivity contribution < 1.29 is 23.8 Å². The van der Waals surface area contributed by atoms with Gasteiger partial charge in [0.15, 0.2) is 11.5 Å². The molecule has 0 fully saturated rings. The lowest BCUT2D eigenvalue weighted by Crippen LogP contribution is -2.50. The molecule has 1 atom stereocenters. The summed E-state index contributed by atoms with van der Waals surface area (Å²) >= 11 is 0. The highest BCUT2D eigenvalue weighted by Gasteiger charge is 2.29. The third kappa shape index (κ3) is 7.74. The number of amides is 2. The average Bonchev–Trinajstić information content (AvgIpc) is 2.95. The van der Waals surface area contributed by atoms with Crippen molar-refractivity contribution in [2.75, 3.05) is 27.9 Å². The van der Waals surface area contributed by atoms with E-state index in [-0.39, 0.29) is 11.8 Å². The normalized spacial score (nSPS) is 11.4. The second kappa shape index (κ2) is 13.9. The van der Waals surface area contributed by atoms with Gasteiger partial charge in [-0.1, -0.05) is 55.5 Å². The fourth-order valence-electron chi connectivity index (χ4n) is 4.17. The van der Waals surface area contributed by atoms with E-state index in [9.17, 15) is 9.59 Å². The first-order chi connectivity index (χ1) is 18.0. The van der Waals surface area contributed by atoms with Crippen LogP contribution in [0, 0.1) is 0 Å². The van der Waals surface area contributed by atoms with E-state index in [1.807, 2.05) is 79.7 Å². The van der Waals surface area contributed by atoms with E-state index in [0.717, 1.165) is 22.4 Å². The molecule has 0 bridgehead atoms. The fourth-order valence-corrected chi connectivity index (χ4v) is 4.17. The monoisotopic (exact) mass is 504 g/mol. The molecule has 7 nitrogen and oxygen atoms in total. The first-order valence-corrected chi connectivity index (χ1v) is 12.4. The SMILES string of the molecule is CCC(=O)N(Cc1ccc(OC)cc1)C(Cc1ccccc1)C(=O)NCCc1ccc(OC)c(OC)c1. The standard InChI is InChI=1S/C30H36N2O5/c1-5-29(33)32(21-24-11-14-25(35-2)15-12-24)26(19-22-9-7-6-8-10-22)30(34)31-18-17-23-13-16-27(36-3)28(20-23)37-4/h6-16,20,26H,5,17-19,21H2,1-4H3,(H,31,34). The lowest BCUT2D eigenvalue weighted by Gasteiger charge is -2.31. The fraction of sp³-hybridized carbons (Fsp3) is 0.333. The predicted octanol–water partition coefficient (Wildman–Crippen LogP) is 4.42. The largest absolute Gasteiger partial charge is 0.497 e. The Kier molecular flexibility index (Phi) is 10.4. The van der Waals surface area contributed by atoms with Gasteiger partial charge in [0.05, 0.1) is 21.3 Å². The van der Waals surface area contributed by atoms with Gasteiger partial charge in [-0.3, -0.25) is 9.59 Å². The Labute approximate surface area is 219 Å². The maximum Gasteiger partial charge on any atom is 0.243 e. The Balaban J connectivity index is 1.78. The van der Waals surface area contributed by atoms with Crippen LogP contribution in [0.1, 0.15) is 30.0 Å². The van der Waals surface area contributed by atoms with E-state index < -0.39 is 6.04 Å². The number of benzene rings is 3. The molecule has 0 saturated heterocycles. The summed E-state index contributed by atoms with van der Waals surface area (Å²) in [5, 5.41) is 3.06. The van der Waals surface area contributed by atoms with Gasteiger partial charge in [-0.25, -0.2) is 0 Å². The minimum atomic E-state index is -0.651. The van der Waals surface area contributed by atoms with Crippen LogP contribution in [0.5, 0.6) is 17.2 Å². The van der Waals surface area contributed by atoms with Crippen LogP contribution in [-0.2, 0) is 29.0 Å². The molecule has 1 N–H and O–H groups in total. The summed E-state index contributed by atoms with van der Waals surface area (Å²) in [5.74, 6) is 1.79. The zero-order chi connectivity index (χ0) is 26.6. The molecule has 0 aliphatic heterocycles. The molecule has 196 valence electrons. The maximum absolute atomic E-state index is 13.5. The number of hydrogen-bond donors (Lipinski definition) is 1. The number of methoxy groups -OCH3 is 3. The van der Waals surface area contributed by atoms with Crippen LogP contribution in [-0.4, -0.2) is 50.6 Å². The molecule has 0 aliphatic carbocycles. The molecule has 7 heteroatoms. The number of ether oxygens (including phenoxy) is 3. The summed E-state index contributed by atoms with van der Waals surface area (Å²) in [4.78, 5) is 28.3. The summed E-state index contributed by atoms with van der Waals surface area (Å²) in [7, 11) is 4.81. The van der Waals surface area contributed by atoms with E-state index in [1.165, 1.54) is 0 Å². The number of carbonyl (C=O) groups is 2. The maximum atomic E-state index is 13.5. The van der Waals surface area contributed by atoms with Gasteiger partial charge in [0, 0.05) is 25.9 Å². The highest BCUT2D eigenvalue weighted by atomic mass is 16.5. The molecule has 0 saturated carbocycles. The van der Waals surface area contributed by atoms with E-state index in [2.05, 4.69) is 5.32 Å². The average molecular weight is 505 g/mol. The van der Waals surface area contributed by atoms with Gasteiger partial charge in [-0.05, 0) is 47.4 Å². The number of hydrogen-bond acceptors (Lipinski definition) is 5. The summed E-state index contributed by atoms with van der Waals surface area (Å²) in [6.45, 7) is 2.57. The van der Waals surface area contributed by atoms with Gasteiger partial charge in [0.2, 0.25) is 11.8 Å². The second-order valence-electron chi connectivity index (χ2n) is 8.66. The second-order valence-corrected chi connectivity index (χ2v) is 8.66. The molecule has 0 spiro atoms. The molecule has 2 amide bonds. The summed E-state index contributed by atoms with van der Waals surface area (Å²) < 4.78 is 15.9. The van der Waals surface area contributed by atoms with Crippen molar-refractivity contribution in [1.82, 2.24) is 10.2 Å². The molecule has 1 unspecified atom stereocenters. The summed E-state index contributed by atoms with van der Waals surface area (Å²) in [6.07, 6.45) is 1.34. The van der Waals surface area contributed by atoms with Crippen LogP contribution in [0.4, 0.5) is 0 Å². The zero-order valence-electron chi connectivity index (χ0n) is 22.0. The molecule has 0 aromatic heterocycles. The molecule has 0 radical (unpaired) electrons. The van der Waals surface area contributed by atoms with E-state index >= 15 is 0 Å². The van der Waals surface area contributed by atoms with Crippen LogP contribution in [0.15, 0.2) is 72.8 Å². The Morgan fingerprint density at radius 3 is 2.11 bits per heavy atom. The lowest BCUT2D eigenvalue weighted by molar-refractivity contribution is -0.141. The third-order valence-electron chi connectivity index (χ3n) is 6.25. The first-order valence-electron chi connectivity index (χ1n) is 12.4. The van der Waals surface area contributed by atoms with Gasteiger partial charge in [-0.2, -0.15) is 0 Å². The third-order valence-corrected chi connectivity index (χ3v) is 6.25. The molecule has 3 aromatic rings. The van der Waals surface area contributed by atoms with Crippen molar-refractivity contribution in [2.45, 2.75) is 38.8 Å². The number of rotatable bonds is 13. The highest BCUT2D eigenvalue weighted by Crippen LogP contribution is 2.27. The Morgan fingerprint density at radius 2 is 1.49 bits per heavy atom. The first kappa shape index (κ1) is 27.6. The van der Waals surface area contributed by atoms with Gasteiger partial charge in [0.1, 0.15) is 11.8 Å². The van der Waals surface area contributed by atoms with E-state index in [4.69, 9.17) is 14.2 Å². The topological polar surface area (TPSA) is 77.1 Å². The minimum Gasteiger partial charge on any atom is -0.497 e. The van der Waals surface area contributed by atoms with Crippen LogP contribution in [0.3, 0.4) is 0 Å². The van der Waals surface area contributed by atoms with Gasteiger partial charge < -0.3 is 24.4 Å². The molecular weight excluding hydrogens is 468 g/mol. The van der Waals surface area contributed by atoms with Crippen LogP contribution in [0.2, 0.25) is 0 Å².